The lowest BCUT2D eigenvalue weighted by Crippen LogP contribution is -2.40. The summed E-state index contributed by atoms with van der Waals surface area (Å²) in [5.74, 6) is 0. The largest absolute Gasteiger partial charge is 0.398 e. The average Bonchev–Trinajstić information content (AvgIpc) is 2.71. The fourth-order valence-electron chi connectivity index (χ4n) is 3.29. The number of rotatable bonds is 17. The van der Waals surface area contributed by atoms with Crippen molar-refractivity contribution < 1.29 is 8.85 Å². The van der Waals surface area contributed by atoms with Gasteiger partial charge in [0.1, 0.15) is 0 Å². The van der Waals surface area contributed by atoms with Crippen molar-refractivity contribution in [2.75, 3.05) is 74.6 Å². The van der Waals surface area contributed by atoms with Gasteiger partial charge in [0.05, 0.1) is 0 Å². The Bertz CT molecular complexity index is 331. The van der Waals surface area contributed by atoms with E-state index in [0.29, 0.717) is 5.41 Å². The van der Waals surface area contributed by atoms with Gasteiger partial charge in [-0.3, -0.25) is 0 Å². The van der Waals surface area contributed by atoms with E-state index in [4.69, 9.17) is 8.85 Å². The average molecular weight is 404 g/mol. The molecule has 0 atom stereocenters. The van der Waals surface area contributed by atoms with Gasteiger partial charge in [0.25, 0.3) is 0 Å². The predicted octanol–water partition coefficient (Wildman–Crippen LogP) is 3.75. The van der Waals surface area contributed by atoms with E-state index in [1.54, 1.807) is 0 Å². The van der Waals surface area contributed by atoms with Gasteiger partial charge in [0.2, 0.25) is 0 Å². The summed E-state index contributed by atoms with van der Waals surface area (Å²) in [4.78, 5) is 7.35. The van der Waals surface area contributed by atoms with E-state index in [2.05, 4.69) is 63.2 Å². The minimum absolute atomic E-state index is 0.349. The summed E-state index contributed by atoms with van der Waals surface area (Å²) in [6.45, 7) is 15.8. The van der Waals surface area contributed by atoms with Crippen LogP contribution < -0.4 is 0 Å². The molecule has 6 heteroatoms. The fraction of sp³-hybridized carbons (Fsp3) is 1.00. The van der Waals surface area contributed by atoms with Crippen LogP contribution in [-0.4, -0.2) is 97.9 Å². The number of hydrogen-bond donors (Lipinski definition) is 0. The normalized spacial score (nSPS) is 13.3. The molecule has 0 spiro atoms. The van der Waals surface area contributed by atoms with Crippen molar-refractivity contribution in [3.8, 4) is 0 Å². The Morgan fingerprint density at radius 2 is 1.00 bits per heavy atom. The van der Waals surface area contributed by atoms with Crippen LogP contribution in [0.15, 0.2) is 0 Å². The molecule has 0 fully saturated rings. The van der Waals surface area contributed by atoms with E-state index in [-0.39, 0.29) is 0 Å². The van der Waals surface area contributed by atoms with E-state index in [1.165, 1.54) is 45.3 Å². The lowest BCUT2D eigenvalue weighted by molar-refractivity contribution is 0.131. The predicted molar refractivity (Wildman–Crippen MR) is 121 cm³/mol. The third-order valence-corrected chi connectivity index (χ3v) is 9.55. The summed E-state index contributed by atoms with van der Waals surface area (Å²) < 4.78 is 11.6. The highest BCUT2D eigenvalue weighted by atomic mass is 28.4. The molecule has 0 aromatic heterocycles. The zero-order chi connectivity index (χ0) is 20.9. The zero-order valence-corrected chi connectivity index (χ0v) is 20.9. The topological polar surface area (TPSA) is 28.2 Å². The molecule has 0 aromatic rings. The summed E-state index contributed by atoms with van der Waals surface area (Å²) >= 11 is 0. The first-order valence-corrected chi connectivity index (χ1v) is 13.4. The molecule has 0 aromatic carbocycles. The molecule has 0 aliphatic carbocycles. The molecule has 0 heterocycles. The standard InChI is InChI=1S/C21H49N3O2Si/c1-10-22(4)17-13-21(14-18-23(5)11-2,15-19-24(6)12-3)16-20-27(9,25-7)26-8/h10-20H2,1-9H3. The van der Waals surface area contributed by atoms with E-state index >= 15 is 0 Å². The van der Waals surface area contributed by atoms with Gasteiger partial charge in [-0.25, -0.2) is 0 Å². The molecule has 0 bridgehead atoms. The maximum Gasteiger partial charge on any atom is 0.334 e. The Balaban J connectivity index is 5.37. The minimum Gasteiger partial charge on any atom is -0.398 e. The Morgan fingerprint density at radius 1 is 0.667 bits per heavy atom. The van der Waals surface area contributed by atoms with Crippen LogP contribution in [0, 0.1) is 5.41 Å². The number of nitrogens with zero attached hydrogens (tertiary/aromatic N) is 3. The van der Waals surface area contributed by atoms with Crippen LogP contribution in [-0.2, 0) is 8.85 Å². The van der Waals surface area contributed by atoms with Crippen LogP contribution in [0.1, 0.15) is 46.5 Å². The van der Waals surface area contributed by atoms with Crippen molar-refractivity contribution in [3.63, 3.8) is 0 Å². The quantitative estimate of drug-likeness (QED) is 0.345. The maximum atomic E-state index is 5.81. The van der Waals surface area contributed by atoms with E-state index in [9.17, 15) is 0 Å². The first-order valence-electron chi connectivity index (χ1n) is 10.9. The second-order valence-electron chi connectivity index (χ2n) is 8.48. The van der Waals surface area contributed by atoms with Crippen LogP contribution in [0.5, 0.6) is 0 Å². The molecule has 27 heavy (non-hydrogen) atoms. The van der Waals surface area contributed by atoms with Crippen molar-refractivity contribution >= 4 is 8.56 Å². The molecule has 164 valence electrons. The third-order valence-electron chi connectivity index (χ3n) is 6.66. The molecule has 0 amide bonds. The molecule has 0 aliphatic heterocycles. The molecule has 0 radical (unpaired) electrons. The van der Waals surface area contributed by atoms with Crippen molar-refractivity contribution in [1.29, 1.82) is 0 Å². The fourth-order valence-corrected chi connectivity index (χ4v) is 4.85. The van der Waals surface area contributed by atoms with Crippen LogP contribution in [0.25, 0.3) is 0 Å². The molecule has 5 nitrogen and oxygen atoms in total. The first kappa shape index (κ1) is 27.0. The summed E-state index contributed by atoms with van der Waals surface area (Å²) in [7, 11) is 8.31. The van der Waals surface area contributed by atoms with Crippen LogP contribution >= 0.6 is 0 Å². The summed E-state index contributed by atoms with van der Waals surface area (Å²) in [6, 6.07) is 1.07. The second kappa shape index (κ2) is 14.1. The van der Waals surface area contributed by atoms with Gasteiger partial charge in [-0.15, -0.1) is 0 Å². The van der Waals surface area contributed by atoms with Gasteiger partial charge in [-0.2, -0.15) is 0 Å². The van der Waals surface area contributed by atoms with Gasteiger partial charge in [-0.05, 0) is 104 Å². The molecular formula is C21H49N3O2Si. The lowest BCUT2D eigenvalue weighted by atomic mass is 9.75. The molecule has 0 aliphatic rings. The lowest BCUT2D eigenvalue weighted by Gasteiger charge is -2.39. The Labute approximate surface area is 171 Å². The van der Waals surface area contributed by atoms with Crippen molar-refractivity contribution in [3.05, 3.63) is 0 Å². The Hall–Kier alpha value is 0.0169. The van der Waals surface area contributed by atoms with Crippen LogP contribution in [0.2, 0.25) is 12.6 Å². The molecule has 0 saturated heterocycles. The monoisotopic (exact) mass is 403 g/mol. The van der Waals surface area contributed by atoms with Crippen molar-refractivity contribution in [2.24, 2.45) is 5.41 Å². The van der Waals surface area contributed by atoms with Crippen molar-refractivity contribution in [2.45, 2.75) is 59.0 Å². The van der Waals surface area contributed by atoms with Gasteiger partial charge in [-0.1, -0.05) is 20.8 Å². The maximum absolute atomic E-state index is 5.81. The molecule has 0 rings (SSSR count). The highest BCUT2D eigenvalue weighted by Gasteiger charge is 2.36. The zero-order valence-electron chi connectivity index (χ0n) is 19.9. The molecular weight excluding hydrogens is 354 g/mol. The van der Waals surface area contributed by atoms with Crippen molar-refractivity contribution in [1.82, 2.24) is 14.7 Å². The summed E-state index contributed by atoms with van der Waals surface area (Å²) in [5, 5.41) is 0. The summed E-state index contributed by atoms with van der Waals surface area (Å²) in [5.41, 5.74) is 0.349. The van der Waals surface area contributed by atoms with E-state index in [0.717, 1.165) is 25.7 Å². The van der Waals surface area contributed by atoms with Gasteiger partial charge in [0.15, 0.2) is 0 Å². The van der Waals surface area contributed by atoms with Crippen LogP contribution in [0.4, 0.5) is 0 Å². The minimum atomic E-state index is -2.04. The molecule has 0 N–H and O–H groups in total. The van der Waals surface area contributed by atoms with Gasteiger partial charge >= 0.3 is 8.56 Å². The van der Waals surface area contributed by atoms with Gasteiger partial charge < -0.3 is 23.6 Å². The number of hydrogen-bond acceptors (Lipinski definition) is 5. The second-order valence-corrected chi connectivity index (χ2v) is 12.1. The summed E-state index contributed by atoms with van der Waals surface area (Å²) in [6.07, 6.45) is 4.96. The Morgan fingerprint density at radius 3 is 1.26 bits per heavy atom. The first-order chi connectivity index (χ1) is 12.7. The van der Waals surface area contributed by atoms with E-state index < -0.39 is 8.56 Å². The third kappa shape index (κ3) is 11.0. The Kier molecular flexibility index (Phi) is 14.1. The van der Waals surface area contributed by atoms with Crippen LogP contribution in [0.3, 0.4) is 0 Å². The highest BCUT2D eigenvalue weighted by Crippen LogP contribution is 2.39. The SMILES string of the molecule is CCN(C)CCC(CCN(C)CC)(CCN(C)CC)CC[Si](C)(OC)OC. The molecule has 0 saturated carbocycles. The van der Waals surface area contributed by atoms with E-state index in [1.807, 2.05) is 14.2 Å². The molecule has 0 unspecified atom stereocenters. The van der Waals surface area contributed by atoms with Gasteiger partial charge in [0, 0.05) is 14.2 Å². The smallest absolute Gasteiger partial charge is 0.334 e. The highest BCUT2D eigenvalue weighted by molar-refractivity contribution is 6.65.